The third kappa shape index (κ3) is 4.32. The second-order valence-corrected chi connectivity index (χ2v) is 7.83. The summed E-state index contributed by atoms with van der Waals surface area (Å²) in [6.45, 7) is 2.83. The molecule has 7 heteroatoms. The summed E-state index contributed by atoms with van der Waals surface area (Å²) in [6.07, 6.45) is 3.31. The van der Waals surface area contributed by atoms with Crippen molar-refractivity contribution in [3.63, 3.8) is 0 Å². The van der Waals surface area contributed by atoms with Gasteiger partial charge in [-0.25, -0.2) is 4.98 Å². The largest absolute Gasteiger partial charge is 0.497 e. The minimum Gasteiger partial charge on any atom is -0.497 e. The lowest BCUT2D eigenvalue weighted by molar-refractivity contribution is 0.0783. The highest BCUT2D eigenvalue weighted by Crippen LogP contribution is 2.27. The number of ether oxygens (including phenoxy) is 1. The smallest absolute Gasteiger partial charge is 0.253 e. The molecular formula is C23H28N4O3. The second kappa shape index (κ2) is 8.85. The number of hydrazine groups is 1. The molecule has 2 unspecified atom stereocenters. The Kier molecular flexibility index (Phi) is 6.01. The van der Waals surface area contributed by atoms with E-state index in [0.29, 0.717) is 29.6 Å². The van der Waals surface area contributed by atoms with Gasteiger partial charge >= 0.3 is 0 Å². The highest BCUT2D eigenvalue weighted by molar-refractivity contribution is 5.97. The van der Waals surface area contributed by atoms with E-state index in [9.17, 15) is 4.79 Å². The molecular weight excluding hydrogens is 380 g/mol. The number of methoxy groups -OCH3 is 1. The van der Waals surface area contributed by atoms with Gasteiger partial charge in [-0.15, -0.1) is 0 Å². The number of hydrogen-bond acceptors (Lipinski definition) is 6. The van der Waals surface area contributed by atoms with Crippen LogP contribution < -0.4 is 15.6 Å². The first-order valence-corrected chi connectivity index (χ1v) is 10.4. The van der Waals surface area contributed by atoms with Gasteiger partial charge in [-0.05, 0) is 49.2 Å². The van der Waals surface area contributed by atoms with Crippen molar-refractivity contribution in [1.82, 2.24) is 20.7 Å². The molecule has 2 aromatic carbocycles. The van der Waals surface area contributed by atoms with E-state index in [4.69, 9.17) is 9.15 Å². The molecule has 4 rings (SSSR count). The Balaban J connectivity index is 1.48. The van der Waals surface area contributed by atoms with E-state index >= 15 is 0 Å². The Morgan fingerprint density at radius 3 is 2.87 bits per heavy atom. The van der Waals surface area contributed by atoms with Gasteiger partial charge in [0.15, 0.2) is 5.58 Å². The highest BCUT2D eigenvalue weighted by Gasteiger charge is 2.25. The van der Waals surface area contributed by atoms with E-state index < -0.39 is 0 Å². The molecule has 1 aliphatic rings. The van der Waals surface area contributed by atoms with Crippen molar-refractivity contribution >= 4 is 17.0 Å². The zero-order chi connectivity index (χ0) is 21.1. The summed E-state index contributed by atoms with van der Waals surface area (Å²) < 4.78 is 11.2. The predicted octanol–water partition coefficient (Wildman–Crippen LogP) is 3.61. The number of rotatable bonds is 7. The van der Waals surface area contributed by atoms with Crippen LogP contribution in [-0.2, 0) is 0 Å². The number of aromatic nitrogens is 1. The third-order valence-electron chi connectivity index (χ3n) is 5.49. The van der Waals surface area contributed by atoms with Crippen molar-refractivity contribution in [2.24, 2.45) is 0 Å². The van der Waals surface area contributed by atoms with Gasteiger partial charge < -0.3 is 14.1 Å². The fraction of sp³-hybridized carbons (Fsp3) is 0.391. The first kappa shape index (κ1) is 20.4. The summed E-state index contributed by atoms with van der Waals surface area (Å²) in [5.74, 6) is 1.21. The minimum absolute atomic E-state index is 0.0306. The van der Waals surface area contributed by atoms with Crippen molar-refractivity contribution < 1.29 is 13.9 Å². The number of likely N-dealkylation sites (N-methyl/N-ethyl adjacent to an activating group) is 1. The van der Waals surface area contributed by atoms with Gasteiger partial charge in [0.05, 0.1) is 7.11 Å². The molecule has 7 nitrogen and oxygen atoms in total. The molecule has 1 aliphatic heterocycles. The number of benzene rings is 2. The quantitative estimate of drug-likeness (QED) is 0.622. The average Bonchev–Trinajstić information content (AvgIpc) is 3.39. The fourth-order valence-electron chi connectivity index (χ4n) is 3.93. The Morgan fingerprint density at radius 1 is 1.23 bits per heavy atom. The van der Waals surface area contributed by atoms with Crippen LogP contribution in [0.15, 0.2) is 46.9 Å². The standard InChI is InChI=1S/C23H28N4O3/c1-4-6-17-13-18(26-25-17)14-27(2)23(28)16-9-10-20-21(12-16)30-22(24-20)15-7-5-8-19(11-15)29-3/h5,7-12,17-18,25-26H,4,6,13-14H2,1-3H3. The molecule has 158 valence electrons. The number of amides is 1. The molecule has 0 aliphatic carbocycles. The van der Waals surface area contributed by atoms with Crippen LogP contribution in [0, 0.1) is 0 Å². The number of fused-ring (bicyclic) bond motifs is 1. The Hall–Kier alpha value is -2.90. The van der Waals surface area contributed by atoms with Crippen LogP contribution in [0.5, 0.6) is 5.75 Å². The number of carbonyl (C=O) groups is 1. The second-order valence-electron chi connectivity index (χ2n) is 7.83. The summed E-state index contributed by atoms with van der Waals surface area (Å²) in [6, 6.07) is 13.7. The SMILES string of the molecule is CCCC1CC(CN(C)C(=O)c2ccc3nc(-c4cccc(OC)c4)oc3c2)NN1. The molecule has 1 fully saturated rings. The number of carbonyl (C=O) groups excluding carboxylic acids is 1. The van der Waals surface area contributed by atoms with Crippen molar-refractivity contribution in [2.45, 2.75) is 38.3 Å². The van der Waals surface area contributed by atoms with Crippen molar-refractivity contribution in [3.05, 3.63) is 48.0 Å². The molecule has 2 heterocycles. The third-order valence-corrected chi connectivity index (χ3v) is 5.49. The van der Waals surface area contributed by atoms with Crippen LogP contribution in [0.25, 0.3) is 22.6 Å². The molecule has 2 atom stereocenters. The Labute approximate surface area is 176 Å². The first-order chi connectivity index (χ1) is 14.6. The fourth-order valence-corrected chi connectivity index (χ4v) is 3.93. The summed E-state index contributed by atoms with van der Waals surface area (Å²) >= 11 is 0. The van der Waals surface area contributed by atoms with Crippen LogP contribution in [0.3, 0.4) is 0 Å². The Morgan fingerprint density at radius 2 is 2.07 bits per heavy atom. The van der Waals surface area contributed by atoms with E-state index in [1.165, 1.54) is 0 Å². The van der Waals surface area contributed by atoms with E-state index in [1.54, 1.807) is 24.1 Å². The first-order valence-electron chi connectivity index (χ1n) is 10.4. The maximum absolute atomic E-state index is 12.9. The number of nitrogens with zero attached hydrogens (tertiary/aromatic N) is 2. The minimum atomic E-state index is -0.0306. The molecule has 30 heavy (non-hydrogen) atoms. The van der Waals surface area contributed by atoms with Gasteiger partial charge in [-0.2, -0.15) is 0 Å². The van der Waals surface area contributed by atoms with Crippen LogP contribution in [0.2, 0.25) is 0 Å². The van der Waals surface area contributed by atoms with Crippen molar-refractivity contribution in [1.29, 1.82) is 0 Å². The van der Waals surface area contributed by atoms with Crippen LogP contribution in [0.1, 0.15) is 36.5 Å². The van der Waals surface area contributed by atoms with Gasteiger partial charge in [0.2, 0.25) is 5.89 Å². The number of nitrogens with one attached hydrogen (secondary N) is 2. The lowest BCUT2D eigenvalue weighted by Gasteiger charge is -2.21. The van der Waals surface area contributed by atoms with Crippen LogP contribution >= 0.6 is 0 Å². The lowest BCUT2D eigenvalue weighted by atomic mass is 10.1. The molecule has 0 saturated carbocycles. The van der Waals surface area contributed by atoms with Gasteiger partial charge in [-0.1, -0.05) is 19.4 Å². The molecule has 0 radical (unpaired) electrons. The summed E-state index contributed by atoms with van der Waals surface area (Å²) in [4.78, 5) is 19.2. The maximum atomic E-state index is 12.9. The summed E-state index contributed by atoms with van der Waals surface area (Å²) in [5.41, 5.74) is 9.36. The van der Waals surface area contributed by atoms with E-state index in [2.05, 4.69) is 22.8 Å². The average molecular weight is 409 g/mol. The van der Waals surface area contributed by atoms with Crippen molar-refractivity contribution in [2.75, 3.05) is 20.7 Å². The van der Waals surface area contributed by atoms with E-state index in [1.807, 2.05) is 37.4 Å². The number of hydrogen-bond donors (Lipinski definition) is 2. The number of oxazole rings is 1. The van der Waals surface area contributed by atoms with Crippen molar-refractivity contribution in [3.8, 4) is 17.2 Å². The van der Waals surface area contributed by atoms with Gasteiger partial charge in [0, 0.05) is 36.8 Å². The normalized spacial score (nSPS) is 18.6. The Bertz CT molecular complexity index is 1030. The summed E-state index contributed by atoms with van der Waals surface area (Å²) in [5, 5.41) is 0. The topological polar surface area (TPSA) is 79.6 Å². The molecule has 1 aromatic heterocycles. The monoisotopic (exact) mass is 408 g/mol. The highest BCUT2D eigenvalue weighted by atomic mass is 16.5. The van der Waals surface area contributed by atoms with E-state index in [-0.39, 0.29) is 11.9 Å². The van der Waals surface area contributed by atoms with Crippen LogP contribution in [0.4, 0.5) is 0 Å². The lowest BCUT2D eigenvalue weighted by Crippen LogP contribution is -2.41. The van der Waals surface area contributed by atoms with Gasteiger partial charge in [-0.3, -0.25) is 15.6 Å². The zero-order valence-electron chi connectivity index (χ0n) is 17.6. The zero-order valence-corrected chi connectivity index (χ0v) is 17.6. The van der Waals surface area contributed by atoms with E-state index in [0.717, 1.165) is 36.1 Å². The predicted molar refractivity (Wildman–Crippen MR) is 116 cm³/mol. The van der Waals surface area contributed by atoms with Gasteiger partial charge in [0.1, 0.15) is 11.3 Å². The molecule has 1 amide bonds. The molecule has 0 spiro atoms. The maximum Gasteiger partial charge on any atom is 0.253 e. The summed E-state index contributed by atoms with van der Waals surface area (Å²) in [7, 11) is 3.46. The molecule has 3 aromatic rings. The van der Waals surface area contributed by atoms with Gasteiger partial charge in [0.25, 0.3) is 5.91 Å². The molecule has 2 N–H and O–H groups in total. The molecule has 0 bridgehead atoms. The molecule has 1 saturated heterocycles. The van der Waals surface area contributed by atoms with Crippen LogP contribution in [-0.4, -0.2) is 48.6 Å².